The number of carbonyl (C=O) groups excluding carboxylic acids is 3. The number of benzene rings is 1. The number of para-hydroxylation sites is 1. The molecule has 1 unspecified atom stereocenters. The monoisotopic (exact) mass is 393 g/mol. The number of carbonyl (C=O) groups is 3. The molecule has 0 fully saturated rings. The Hall–Kier alpha value is -3.33. The second-order valence-corrected chi connectivity index (χ2v) is 5.28. The van der Waals surface area contributed by atoms with Crippen LogP contribution in [0.25, 0.3) is 0 Å². The molecule has 0 saturated carbocycles. The van der Waals surface area contributed by atoms with Gasteiger partial charge in [0.15, 0.2) is 0 Å². The zero-order valence-electron chi connectivity index (χ0n) is 15.3. The first-order valence-corrected chi connectivity index (χ1v) is 8.34. The summed E-state index contributed by atoms with van der Waals surface area (Å²) >= 11 is 0. The van der Waals surface area contributed by atoms with Gasteiger partial charge in [0, 0.05) is 17.7 Å². The summed E-state index contributed by atoms with van der Waals surface area (Å²) in [5, 5.41) is 12.2. The minimum Gasteiger partial charge on any atom is -0.490 e. The van der Waals surface area contributed by atoms with Crippen molar-refractivity contribution in [3.05, 3.63) is 55.1 Å². The predicted molar refractivity (Wildman–Crippen MR) is 98.4 cm³/mol. The summed E-state index contributed by atoms with van der Waals surface area (Å²) in [6.07, 6.45) is 0.216. The molecule has 0 aliphatic heterocycles. The molecule has 0 spiro atoms. The molecular weight excluding hydrogens is 370 g/mol. The Balaban J connectivity index is 2.31. The van der Waals surface area contributed by atoms with E-state index in [0.29, 0.717) is 11.3 Å². The maximum absolute atomic E-state index is 11.5. The van der Waals surface area contributed by atoms with E-state index in [2.05, 4.69) is 23.2 Å². The summed E-state index contributed by atoms with van der Waals surface area (Å²) < 4.78 is 19.9. The summed E-state index contributed by atoms with van der Waals surface area (Å²) in [6, 6.07) is 6.84. The van der Waals surface area contributed by atoms with Gasteiger partial charge in [-0.1, -0.05) is 31.4 Å². The first-order chi connectivity index (χ1) is 13.5. The molecule has 9 heteroatoms. The number of aliphatic hydroxyl groups is 1. The molecule has 9 nitrogen and oxygen atoms in total. The number of nitrogens with one attached hydrogen (secondary N) is 1. The number of rotatable bonds is 12. The third kappa shape index (κ3) is 9.39. The van der Waals surface area contributed by atoms with E-state index in [1.165, 1.54) is 0 Å². The fraction of sp³-hybridized carbons (Fsp3) is 0.316. The lowest BCUT2D eigenvalue weighted by Gasteiger charge is -2.15. The minimum absolute atomic E-state index is 0.00748. The molecule has 28 heavy (non-hydrogen) atoms. The summed E-state index contributed by atoms with van der Waals surface area (Å²) in [4.78, 5) is 33.4. The highest BCUT2D eigenvalue weighted by atomic mass is 16.6. The van der Waals surface area contributed by atoms with E-state index in [9.17, 15) is 19.5 Å². The lowest BCUT2D eigenvalue weighted by Crippen LogP contribution is -2.32. The van der Waals surface area contributed by atoms with Crippen LogP contribution < -0.4 is 10.1 Å². The van der Waals surface area contributed by atoms with E-state index in [-0.39, 0.29) is 33.0 Å². The maximum atomic E-state index is 11.5. The number of hydrogen-bond donors (Lipinski definition) is 2. The number of aliphatic hydroxyl groups excluding tert-OH is 1. The third-order valence-electron chi connectivity index (χ3n) is 3.13. The van der Waals surface area contributed by atoms with Gasteiger partial charge < -0.3 is 29.4 Å². The average molecular weight is 393 g/mol. The van der Waals surface area contributed by atoms with Gasteiger partial charge >= 0.3 is 18.0 Å². The molecule has 0 aliphatic rings. The largest absolute Gasteiger partial charge is 0.490 e. The van der Waals surface area contributed by atoms with Crippen molar-refractivity contribution in [2.45, 2.75) is 12.7 Å². The van der Waals surface area contributed by atoms with Crippen molar-refractivity contribution < 1.29 is 38.4 Å². The molecule has 0 aromatic heterocycles. The van der Waals surface area contributed by atoms with Gasteiger partial charge in [-0.15, -0.1) is 0 Å². The van der Waals surface area contributed by atoms with E-state index >= 15 is 0 Å². The van der Waals surface area contributed by atoms with E-state index in [4.69, 9.17) is 14.2 Å². The molecule has 1 aromatic carbocycles. The van der Waals surface area contributed by atoms with Crippen molar-refractivity contribution in [3.8, 4) is 5.75 Å². The molecule has 0 aliphatic carbocycles. The molecular formula is C19H23NO8. The summed E-state index contributed by atoms with van der Waals surface area (Å²) in [5.74, 6) is -0.734. The normalized spacial score (nSPS) is 10.9. The number of ether oxygens (including phenoxy) is 4. The fourth-order valence-electron chi connectivity index (χ4n) is 1.79. The van der Waals surface area contributed by atoms with Gasteiger partial charge in [0.05, 0.1) is 6.54 Å². The van der Waals surface area contributed by atoms with E-state index in [0.717, 1.165) is 12.2 Å². The number of hydrogen-bond acceptors (Lipinski definition) is 8. The van der Waals surface area contributed by atoms with Crippen molar-refractivity contribution in [2.75, 3.05) is 26.4 Å². The van der Waals surface area contributed by atoms with Gasteiger partial charge in [-0.3, -0.25) is 0 Å². The van der Waals surface area contributed by atoms with Gasteiger partial charge in [0.1, 0.15) is 38.3 Å². The highest BCUT2D eigenvalue weighted by Crippen LogP contribution is 2.19. The molecule has 0 bridgehead atoms. The Morgan fingerprint density at radius 1 is 1.04 bits per heavy atom. The zero-order chi connectivity index (χ0) is 20.8. The molecule has 0 radical (unpaired) electrons. The second-order valence-electron chi connectivity index (χ2n) is 5.28. The average Bonchev–Trinajstić information content (AvgIpc) is 2.72. The Labute approximate surface area is 162 Å². The van der Waals surface area contributed by atoms with Crippen molar-refractivity contribution in [2.24, 2.45) is 0 Å². The van der Waals surface area contributed by atoms with E-state index in [1.807, 2.05) is 0 Å². The first kappa shape index (κ1) is 22.7. The lowest BCUT2D eigenvalue weighted by molar-refractivity contribution is -0.139. The van der Waals surface area contributed by atoms with Crippen LogP contribution in [-0.2, 0) is 30.4 Å². The summed E-state index contributed by atoms with van der Waals surface area (Å²) in [5.41, 5.74) is 0.609. The summed E-state index contributed by atoms with van der Waals surface area (Å²) in [7, 11) is 0. The fourth-order valence-corrected chi connectivity index (χ4v) is 1.79. The molecule has 1 amide bonds. The van der Waals surface area contributed by atoms with Gasteiger partial charge in [-0.25, -0.2) is 14.4 Å². The summed E-state index contributed by atoms with van der Waals surface area (Å²) in [6.45, 7) is 6.13. The highest BCUT2D eigenvalue weighted by Gasteiger charge is 2.12. The lowest BCUT2D eigenvalue weighted by atomic mass is 10.2. The van der Waals surface area contributed by atoms with Crippen LogP contribution in [0.2, 0.25) is 0 Å². The molecule has 1 rings (SSSR count). The van der Waals surface area contributed by atoms with Crippen LogP contribution in [0.15, 0.2) is 49.6 Å². The molecule has 1 atom stereocenters. The topological polar surface area (TPSA) is 120 Å². The van der Waals surface area contributed by atoms with Crippen molar-refractivity contribution in [1.82, 2.24) is 5.32 Å². The standard InChI is InChI=1S/C19H23NO8/c1-3-17(22)25-10-9-20-19(24)28-13-15(21)12-26-16-8-6-5-7-14(16)11-27-18(23)4-2/h3-8,15,21H,1-2,9-13H2,(H,20,24). The number of alkyl carbamates (subject to hydrolysis) is 1. The van der Waals surface area contributed by atoms with Crippen LogP contribution >= 0.6 is 0 Å². The molecule has 0 saturated heterocycles. The van der Waals surface area contributed by atoms with Crippen LogP contribution in [0, 0.1) is 0 Å². The van der Waals surface area contributed by atoms with Gasteiger partial charge in [-0.2, -0.15) is 0 Å². The van der Waals surface area contributed by atoms with Crippen molar-refractivity contribution >= 4 is 18.0 Å². The smallest absolute Gasteiger partial charge is 0.407 e. The highest BCUT2D eigenvalue weighted by molar-refractivity contribution is 5.81. The first-order valence-electron chi connectivity index (χ1n) is 8.34. The van der Waals surface area contributed by atoms with E-state index < -0.39 is 24.1 Å². The Bertz CT molecular complexity index is 688. The van der Waals surface area contributed by atoms with Gasteiger partial charge in [-0.05, 0) is 6.07 Å². The quantitative estimate of drug-likeness (QED) is 0.235. The van der Waals surface area contributed by atoms with E-state index in [1.54, 1.807) is 24.3 Å². The third-order valence-corrected chi connectivity index (χ3v) is 3.13. The maximum Gasteiger partial charge on any atom is 0.407 e. The second kappa shape index (κ2) is 12.9. The van der Waals surface area contributed by atoms with Crippen LogP contribution in [0.5, 0.6) is 5.75 Å². The predicted octanol–water partition coefficient (Wildman–Crippen LogP) is 1.11. The number of amides is 1. The Morgan fingerprint density at radius 3 is 2.43 bits per heavy atom. The molecule has 2 N–H and O–H groups in total. The Kier molecular flexibility index (Phi) is 10.5. The van der Waals surface area contributed by atoms with Crippen LogP contribution in [0.4, 0.5) is 4.79 Å². The van der Waals surface area contributed by atoms with Crippen molar-refractivity contribution in [3.63, 3.8) is 0 Å². The van der Waals surface area contributed by atoms with Gasteiger partial charge in [0.25, 0.3) is 0 Å². The van der Waals surface area contributed by atoms with Crippen molar-refractivity contribution in [1.29, 1.82) is 0 Å². The van der Waals surface area contributed by atoms with Crippen LogP contribution in [-0.4, -0.2) is 55.6 Å². The molecule has 152 valence electrons. The zero-order valence-corrected chi connectivity index (χ0v) is 15.3. The van der Waals surface area contributed by atoms with Crippen LogP contribution in [0.3, 0.4) is 0 Å². The van der Waals surface area contributed by atoms with Gasteiger partial charge in [0.2, 0.25) is 0 Å². The SMILES string of the molecule is C=CC(=O)OCCNC(=O)OCC(O)COc1ccccc1COC(=O)C=C. The molecule has 0 heterocycles. The number of esters is 2. The minimum atomic E-state index is -1.08. The Morgan fingerprint density at radius 2 is 1.71 bits per heavy atom. The van der Waals surface area contributed by atoms with Crippen LogP contribution in [0.1, 0.15) is 5.56 Å². The molecule has 1 aromatic rings.